The summed E-state index contributed by atoms with van der Waals surface area (Å²) < 4.78 is 21.4. The van der Waals surface area contributed by atoms with Gasteiger partial charge in [-0.05, 0) is 92.2 Å². The summed E-state index contributed by atoms with van der Waals surface area (Å²) in [7, 11) is 0. The van der Waals surface area contributed by atoms with Crippen LogP contribution in [0.2, 0.25) is 0 Å². The van der Waals surface area contributed by atoms with E-state index in [1.54, 1.807) is 18.3 Å². The highest BCUT2D eigenvalue weighted by atomic mass is 19.1. The second kappa shape index (κ2) is 11.1. The fourth-order valence-corrected chi connectivity index (χ4v) is 7.80. The predicted molar refractivity (Wildman–Crippen MR) is 141 cm³/mol. The van der Waals surface area contributed by atoms with Gasteiger partial charge in [0, 0.05) is 19.1 Å². The minimum Gasteiger partial charge on any atom is -0.477 e. The van der Waals surface area contributed by atoms with Gasteiger partial charge in [0.15, 0.2) is 0 Å². The molecule has 2 N–H and O–H groups in total. The smallest absolute Gasteiger partial charge is 0.258 e. The van der Waals surface area contributed by atoms with Gasteiger partial charge in [0.1, 0.15) is 11.4 Å². The molecule has 0 unspecified atom stereocenters. The first-order chi connectivity index (χ1) is 18.1. The number of nitrogens with zero attached hydrogens (tertiary/aromatic N) is 2. The molecule has 0 spiro atoms. The van der Waals surface area contributed by atoms with Gasteiger partial charge < -0.3 is 15.4 Å². The molecular weight excluding hydrogens is 467 g/mol. The molecule has 6 nitrogen and oxygen atoms in total. The summed E-state index contributed by atoms with van der Waals surface area (Å²) >= 11 is 0. The Balaban J connectivity index is 1.11. The van der Waals surface area contributed by atoms with Crippen LogP contribution in [0.3, 0.4) is 0 Å². The van der Waals surface area contributed by atoms with E-state index >= 15 is 0 Å². The molecule has 0 aliphatic heterocycles. The number of ether oxygens (including phenoxy) is 1. The van der Waals surface area contributed by atoms with Gasteiger partial charge in [-0.2, -0.15) is 5.10 Å². The number of amides is 1. The zero-order valence-corrected chi connectivity index (χ0v) is 21.8. The maximum atomic E-state index is 13.6. The summed E-state index contributed by atoms with van der Waals surface area (Å²) in [6.07, 6.45) is 14.5. The molecular formula is C30H41FN4O2. The molecule has 1 heterocycles. The molecule has 4 bridgehead atoms. The lowest BCUT2D eigenvalue weighted by Crippen LogP contribution is -2.55. The highest BCUT2D eigenvalue weighted by molar-refractivity contribution is 5.96. The van der Waals surface area contributed by atoms with Crippen molar-refractivity contribution in [3.05, 3.63) is 47.4 Å². The quantitative estimate of drug-likeness (QED) is 0.426. The molecule has 0 saturated heterocycles. The van der Waals surface area contributed by atoms with Crippen LogP contribution in [-0.2, 0) is 13.1 Å². The van der Waals surface area contributed by atoms with Crippen LogP contribution in [0.5, 0.6) is 5.88 Å². The van der Waals surface area contributed by atoms with Gasteiger partial charge in [0.05, 0.1) is 19.3 Å². The molecule has 2 aromatic rings. The van der Waals surface area contributed by atoms with Gasteiger partial charge in [-0.1, -0.05) is 31.4 Å². The zero-order valence-electron chi connectivity index (χ0n) is 21.8. The van der Waals surface area contributed by atoms with Crippen molar-refractivity contribution in [2.45, 2.75) is 83.3 Å². The molecule has 0 radical (unpaired) electrons. The molecule has 1 aromatic heterocycles. The van der Waals surface area contributed by atoms with Crippen molar-refractivity contribution in [1.29, 1.82) is 0 Å². The monoisotopic (exact) mass is 508 g/mol. The van der Waals surface area contributed by atoms with E-state index in [0.717, 1.165) is 17.4 Å². The van der Waals surface area contributed by atoms with E-state index in [-0.39, 0.29) is 11.7 Å². The van der Waals surface area contributed by atoms with Crippen LogP contribution in [0.25, 0.3) is 0 Å². The first kappa shape index (κ1) is 24.9. The third kappa shape index (κ3) is 5.71. The molecule has 37 heavy (non-hydrogen) atoms. The Kier molecular flexibility index (Phi) is 7.50. The van der Waals surface area contributed by atoms with Crippen molar-refractivity contribution in [2.75, 3.05) is 13.2 Å². The van der Waals surface area contributed by atoms with Crippen LogP contribution in [0, 0.1) is 35.4 Å². The van der Waals surface area contributed by atoms with Crippen LogP contribution >= 0.6 is 0 Å². The van der Waals surface area contributed by atoms with Gasteiger partial charge in [-0.15, -0.1) is 0 Å². The minimum absolute atomic E-state index is 0.0263. The Morgan fingerprint density at radius 1 is 1.00 bits per heavy atom. The zero-order chi connectivity index (χ0) is 25.2. The summed E-state index contributed by atoms with van der Waals surface area (Å²) in [4.78, 5) is 13.6. The molecule has 1 amide bonds. The van der Waals surface area contributed by atoms with E-state index in [9.17, 15) is 9.18 Å². The Hall–Kier alpha value is -2.41. The number of benzene rings is 1. The fraction of sp³-hybridized carbons (Fsp3) is 0.667. The first-order valence-electron chi connectivity index (χ1n) is 14.6. The number of aromatic nitrogens is 2. The summed E-state index contributed by atoms with van der Waals surface area (Å²) in [6, 6.07) is 6.85. The van der Waals surface area contributed by atoms with Crippen molar-refractivity contribution in [2.24, 2.45) is 29.6 Å². The van der Waals surface area contributed by atoms with Gasteiger partial charge in [0.2, 0.25) is 5.88 Å². The highest BCUT2D eigenvalue weighted by Crippen LogP contribution is 2.53. The number of hydrogen-bond acceptors (Lipinski definition) is 4. The van der Waals surface area contributed by atoms with Crippen molar-refractivity contribution in [1.82, 2.24) is 20.4 Å². The normalized spacial score (nSPS) is 28.9. The van der Waals surface area contributed by atoms with E-state index in [1.807, 2.05) is 4.68 Å². The summed E-state index contributed by atoms with van der Waals surface area (Å²) in [5, 5.41) is 11.4. The van der Waals surface area contributed by atoms with Gasteiger partial charge in [-0.25, -0.2) is 9.07 Å². The molecule has 7 heteroatoms. The van der Waals surface area contributed by atoms with Crippen LogP contribution in [0.15, 0.2) is 30.5 Å². The second-order valence-corrected chi connectivity index (χ2v) is 12.1. The lowest BCUT2D eigenvalue weighted by atomic mass is 9.54. The first-order valence-corrected chi connectivity index (χ1v) is 14.6. The van der Waals surface area contributed by atoms with E-state index < -0.39 is 0 Å². The highest BCUT2D eigenvalue weighted by Gasteiger charge is 2.48. The standard InChI is InChI=1S/C30H41FN4O2/c31-26-8-6-20(7-9-26)17-32-10-11-35-30(37-19-21-4-2-1-3-5-21)27(18-33-35)29(36)34-28-24-13-22-12-23(15-24)16-25(28)14-22/h6-9,18,21-25,28,32H,1-5,10-17,19H2,(H,34,36). The number of halogens is 1. The average Bonchev–Trinajstić information content (AvgIpc) is 3.31. The third-order valence-electron chi connectivity index (χ3n) is 9.48. The van der Waals surface area contributed by atoms with Gasteiger partial charge in [0.25, 0.3) is 5.91 Å². The Labute approximate surface area is 219 Å². The predicted octanol–water partition coefficient (Wildman–Crippen LogP) is 5.33. The van der Waals surface area contributed by atoms with E-state index in [2.05, 4.69) is 15.7 Å². The van der Waals surface area contributed by atoms with Gasteiger partial charge in [-0.3, -0.25) is 4.79 Å². The lowest BCUT2D eigenvalue weighted by molar-refractivity contribution is -0.0120. The average molecular weight is 509 g/mol. The molecule has 5 aliphatic carbocycles. The van der Waals surface area contributed by atoms with Crippen molar-refractivity contribution in [3.8, 4) is 5.88 Å². The number of carbonyl (C=O) groups excluding carboxylic acids is 1. The van der Waals surface area contributed by atoms with E-state index in [4.69, 9.17) is 4.74 Å². The largest absolute Gasteiger partial charge is 0.477 e. The minimum atomic E-state index is -0.223. The van der Waals surface area contributed by atoms with E-state index in [1.165, 1.54) is 76.3 Å². The third-order valence-corrected chi connectivity index (χ3v) is 9.48. The lowest BCUT2D eigenvalue weighted by Gasteiger charge is -2.54. The number of carbonyl (C=O) groups is 1. The maximum Gasteiger partial charge on any atom is 0.258 e. The van der Waals surface area contributed by atoms with Gasteiger partial charge >= 0.3 is 0 Å². The van der Waals surface area contributed by atoms with Crippen molar-refractivity contribution in [3.63, 3.8) is 0 Å². The molecule has 5 saturated carbocycles. The molecule has 200 valence electrons. The summed E-state index contributed by atoms with van der Waals surface area (Å²) in [5.74, 6) is 3.95. The summed E-state index contributed by atoms with van der Waals surface area (Å²) in [5.41, 5.74) is 1.61. The number of rotatable bonds is 10. The summed E-state index contributed by atoms with van der Waals surface area (Å²) in [6.45, 7) is 2.58. The topological polar surface area (TPSA) is 68.2 Å². The van der Waals surface area contributed by atoms with Crippen molar-refractivity contribution >= 4 is 5.91 Å². The Morgan fingerprint density at radius 3 is 2.41 bits per heavy atom. The molecule has 7 rings (SSSR count). The van der Waals surface area contributed by atoms with Crippen LogP contribution in [0.4, 0.5) is 4.39 Å². The Bertz CT molecular complexity index is 1030. The molecule has 5 fully saturated rings. The van der Waals surface area contributed by atoms with Crippen molar-refractivity contribution < 1.29 is 13.9 Å². The Morgan fingerprint density at radius 2 is 1.70 bits per heavy atom. The van der Waals surface area contributed by atoms with Crippen LogP contribution in [0.1, 0.15) is 80.1 Å². The number of nitrogens with one attached hydrogen (secondary N) is 2. The molecule has 1 aromatic carbocycles. The maximum absolute atomic E-state index is 13.6. The SMILES string of the molecule is O=C(NC1C2CC3CC(C2)CC1C3)c1cnn(CCNCc2ccc(F)cc2)c1OCC1CCCCC1. The molecule has 5 aliphatic rings. The molecule has 0 atom stereocenters. The van der Waals surface area contributed by atoms with Crippen LogP contribution in [-0.4, -0.2) is 34.9 Å². The fourth-order valence-electron chi connectivity index (χ4n) is 7.80. The number of hydrogen-bond donors (Lipinski definition) is 2. The van der Waals surface area contributed by atoms with Crippen LogP contribution < -0.4 is 15.4 Å². The van der Waals surface area contributed by atoms with E-state index in [0.29, 0.717) is 61.5 Å². The second-order valence-electron chi connectivity index (χ2n) is 12.1.